The van der Waals surface area contributed by atoms with Gasteiger partial charge in [0, 0.05) is 31.8 Å². The second kappa shape index (κ2) is 13.4. The van der Waals surface area contributed by atoms with Crippen molar-refractivity contribution in [3.63, 3.8) is 0 Å². The van der Waals surface area contributed by atoms with Gasteiger partial charge in [0.15, 0.2) is 17.1 Å². The molecule has 2 aliphatic rings. The van der Waals surface area contributed by atoms with Gasteiger partial charge in [0.05, 0.1) is 6.10 Å². The van der Waals surface area contributed by atoms with Crippen LogP contribution in [0.4, 0.5) is 0 Å². The Labute approximate surface area is 224 Å². The van der Waals surface area contributed by atoms with Crippen LogP contribution in [0, 0.1) is 0 Å². The number of carbonyl (C=O) groups is 2. The van der Waals surface area contributed by atoms with Crippen molar-refractivity contribution in [1.82, 2.24) is 0 Å². The second-order valence-corrected chi connectivity index (χ2v) is 10.5. The summed E-state index contributed by atoms with van der Waals surface area (Å²) in [5.74, 6) is -3.11. The molecule has 1 aliphatic carbocycles. The Balaban J connectivity index is 1.72. The lowest BCUT2D eigenvalue weighted by atomic mass is 9.79. The summed E-state index contributed by atoms with van der Waals surface area (Å²) < 4.78 is 17.8. The van der Waals surface area contributed by atoms with Crippen molar-refractivity contribution in [3.05, 3.63) is 29.8 Å². The van der Waals surface area contributed by atoms with Crippen molar-refractivity contribution in [2.24, 2.45) is 0 Å². The third-order valence-corrected chi connectivity index (χ3v) is 7.38. The molecule has 0 amide bonds. The van der Waals surface area contributed by atoms with Gasteiger partial charge in [-0.3, -0.25) is 0 Å². The van der Waals surface area contributed by atoms with E-state index in [9.17, 15) is 30.0 Å². The van der Waals surface area contributed by atoms with Crippen LogP contribution in [0.15, 0.2) is 24.3 Å². The normalized spacial score (nSPS) is 26.6. The molecule has 0 bridgehead atoms. The number of phenolic OH excluding ortho intramolecular Hbond substituents is 2. The second-order valence-electron chi connectivity index (χ2n) is 10.5. The van der Waals surface area contributed by atoms with Gasteiger partial charge in [-0.05, 0) is 36.6 Å². The number of rotatable bonds is 13. The van der Waals surface area contributed by atoms with Gasteiger partial charge in [-0.15, -0.1) is 0 Å². The van der Waals surface area contributed by atoms with Gasteiger partial charge < -0.3 is 34.6 Å². The molecule has 38 heavy (non-hydrogen) atoms. The lowest BCUT2D eigenvalue weighted by Gasteiger charge is -2.40. The van der Waals surface area contributed by atoms with Gasteiger partial charge in [0.2, 0.25) is 5.79 Å². The molecule has 212 valence electrons. The number of esters is 2. The topological polar surface area (TPSA) is 143 Å². The van der Waals surface area contributed by atoms with E-state index < -0.39 is 41.6 Å². The van der Waals surface area contributed by atoms with E-state index in [0.29, 0.717) is 18.4 Å². The molecule has 1 saturated heterocycles. The SMILES string of the molecule is CCCCCCC1(CCCCCC)OC(=O)[C@@]2(C[C@@H](O)[C@@H](O)[C@H](OC(=O)/C=C/c3ccc(O)c(O)c3)C2)O1. The zero-order valence-electron chi connectivity index (χ0n) is 22.4. The molecule has 1 spiro atoms. The van der Waals surface area contributed by atoms with Gasteiger partial charge in [-0.2, -0.15) is 0 Å². The summed E-state index contributed by atoms with van der Waals surface area (Å²) in [6.07, 6.45) is 7.36. The first-order valence-corrected chi connectivity index (χ1v) is 13.8. The fraction of sp³-hybridized carbons (Fsp3) is 0.655. The van der Waals surface area contributed by atoms with Crippen LogP contribution in [0.3, 0.4) is 0 Å². The number of carbonyl (C=O) groups excluding carboxylic acids is 2. The summed E-state index contributed by atoms with van der Waals surface area (Å²) in [5.41, 5.74) is -1.07. The molecule has 9 heteroatoms. The molecular formula is C29H42O9. The van der Waals surface area contributed by atoms with E-state index in [0.717, 1.165) is 57.4 Å². The molecule has 4 N–H and O–H groups in total. The van der Waals surface area contributed by atoms with Crippen molar-refractivity contribution in [3.8, 4) is 11.5 Å². The molecule has 1 aromatic carbocycles. The largest absolute Gasteiger partial charge is 0.504 e. The summed E-state index contributed by atoms with van der Waals surface area (Å²) in [5, 5.41) is 40.3. The maximum absolute atomic E-state index is 13.3. The number of phenols is 2. The monoisotopic (exact) mass is 534 g/mol. The number of aliphatic hydroxyl groups is 2. The van der Waals surface area contributed by atoms with Crippen LogP contribution in [0.25, 0.3) is 6.08 Å². The van der Waals surface area contributed by atoms with E-state index in [2.05, 4.69) is 13.8 Å². The Kier molecular flexibility index (Phi) is 10.6. The van der Waals surface area contributed by atoms with Crippen LogP contribution in [-0.2, 0) is 23.8 Å². The molecule has 1 aromatic rings. The summed E-state index contributed by atoms with van der Waals surface area (Å²) >= 11 is 0. The van der Waals surface area contributed by atoms with E-state index in [1.165, 1.54) is 24.3 Å². The Bertz CT molecular complexity index is 963. The number of hydrogen-bond donors (Lipinski definition) is 4. The van der Waals surface area contributed by atoms with E-state index >= 15 is 0 Å². The average molecular weight is 535 g/mol. The highest BCUT2D eigenvalue weighted by atomic mass is 16.8. The standard InChI is InChI=1S/C29H42O9/c1-3-5-7-9-15-29(16-10-8-6-4-2)37-27(35)28(38-29)18-23(32)26(34)24(19-28)36-25(33)14-12-20-11-13-21(30)22(31)17-20/h11-14,17,23-24,26,30-32,34H,3-10,15-16,18-19H2,1-2H3/b14-12+/t23-,24-,26-,28+/m1/s1. The Morgan fingerprint density at radius 2 is 1.66 bits per heavy atom. The minimum absolute atomic E-state index is 0.130. The number of aromatic hydroxyl groups is 2. The molecule has 2 fully saturated rings. The van der Waals surface area contributed by atoms with Gasteiger partial charge in [-0.25, -0.2) is 9.59 Å². The number of aliphatic hydroxyl groups excluding tert-OH is 2. The zero-order valence-corrected chi connectivity index (χ0v) is 22.4. The van der Waals surface area contributed by atoms with Crippen LogP contribution in [0.1, 0.15) is 96.5 Å². The molecule has 0 unspecified atom stereocenters. The maximum Gasteiger partial charge on any atom is 0.341 e. The average Bonchev–Trinajstić information content (AvgIpc) is 3.14. The molecule has 9 nitrogen and oxygen atoms in total. The molecule has 0 aromatic heterocycles. The number of hydrogen-bond acceptors (Lipinski definition) is 9. The molecule has 1 aliphatic heterocycles. The van der Waals surface area contributed by atoms with Gasteiger partial charge >= 0.3 is 11.9 Å². The van der Waals surface area contributed by atoms with Crippen molar-refractivity contribution >= 4 is 18.0 Å². The predicted octanol–water partition coefficient (Wildman–Crippen LogP) is 4.49. The zero-order chi connectivity index (χ0) is 27.8. The molecule has 1 heterocycles. The Morgan fingerprint density at radius 1 is 1.00 bits per heavy atom. The highest BCUT2D eigenvalue weighted by Gasteiger charge is 2.62. The first-order valence-electron chi connectivity index (χ1n) is 13.8. The lowest BCUT2D eigenvalue weighted by Crippen LogP contribution is -2.56. The molecular weight excluding hydrogens is 492 g/mol. The third-order valence-electron chi connectivity index (χ3n) is 7.38. The molecule has 3 rings (SSSR count). The van der Waals surface area contributed by atoms with E-state index in [4.69, 9.17) is 14.2 Å². The fourth-order valence-corrected chi connectivity index (χ4v) is 5.25. The van der Waals surface area contributed by atoms with Gasteiger partial charge in [0.25, 0.3) is 0 Å². The molecule has 0 radical (unpaired) electrons. The smallest absolute Gasteiger partial charge is 0.341 e. The third kappa shape index (κ3) is 7.48. The Morgan fingerprint density at radius 3 is 2.26 bits per heavy atom. The van der Waals surface area contributed by atoms with Crippen LogP contribution in [-0.4, -0.2) is 62.1 Å². The minimum Gasteiger partial charge on any atom is -0.504 e. The number of cyclic esters (lactones) is 1. The van der Waals surface area contributed by atoms with Gasteiger partial charge in [0.1, 0.15) is 12.2 Å². The van der Waals surface area contributed by atoms with Crippen LogP contribution in [0.5, 0.6) is 11.5 Å². The van der Waals surface area contributed by atoms with E-state index in [1.54, 1.807) is 0 Å². The number of benzene rings is 1. The van der Waals surface area contributed by atoms with Crippen LogP contribution in [0.2, 0.25) is 0 Å². The lowest BCUT2D eigenvalue weighted by molar-refractivity contribution is -0.227. The fourth-order valence-electron chi connectivity index (χ4n) is 5.25. The molecule has 1 saturated carbocycles. The summed E-state index contributed by atoms with van der Waals surface area (Å²) in [4.78, 5) is 25.8. The van der Waals surface area contributed by atoms with Crippen molar-refractivity contribution in [2.75, 3.05) is 0 Å². The summed E-state index contributed by atoms with van der Waals surface area (Å²) in [6.45, 7) is 4.25. The van der Waals surface area contributed by atoms with Crippen LogP contribution >= 0.6 is 0 Å². The quantitative estimate of drug-likeness (QED) is 0.125. The summed E-state index contributed by atoms with van der Waals surface area (Å²) in [6, 6.07) is 4.05. The summed E-state index contributed by atoms with van der Waals surface area (Å²) in [7, 11) is 0. The Hall–Kier alpha value is -2.62. The highest BCUT2D eigenvalue weighted by Crippen LogP contribution is 2.47. The van der Waals surface area contributed by atoms with E-state index in [1.807, 2.05) is 0 Å². The van der Waals surface area contributed by atoms with Gasteiger partial charge in [-0.1, -0.05) is 58.4 Å². The first kappa shape index (κ1) is 29.9. The number of unbranched alkanes of at least 4 members (excludes halogenated alkanes) is 6. The van der Waals surface area contributed by atoms with Crippen molar-refractivity contribution in [1.29, 1.82) is 0 Å². The first-order chi connectivity index (χ1) is 18.1. The van der Waals surface area contributed by atoms with Crippen molar-refractivity contribution < 1.29 is 44.2 Å². The van der Waals surface area contributed by atoms with E-state index in [-0.39, 0.29) is 24.3 Å². The molecule has 4 atom stereocenters. The number of ether oxygens (including phenoxy) is 3. The predicted molar refractivity (Wildman–Crippen MR) is 140 cm³/mol. The maximum atomic E-state index is 13.3. The highest BCUT2D eigenvalue weighted by molar-refractivity contribution is 5.87. The van der Waals surface area contributed by atoms with Crippen LogP contribution < -0.4 is 0 Å². The minimum atomic E-state index is -1.51. The van der Waals surface area contributed by atoms with Crippen molar-refractivity contribution in [2.45, 2.75) is 121 Å².